The Hall–Kier alpha value is -2.40. The highest BCUT2D eigenvalue weighted by atomic mass is 16.1. The quantitative estimate of drug-likeness (QED) is 0.724. The Morgan fingerprint density at radius 1 is 1.36 bits per heavy atom. The second-order valence-corrected chi connectivity index (χ2v) is 5.46. The molecule has 0 fully saturated rings. The van der Waals surface area contributed by atoms with Crippen molar-refractivity contribution in [1.82, 2.24) is 14.9 Å². The lowest BCUT2D eigenvalue weighted by Gasteiger charge is -2.16. The Balaban J connectivity index is 2.11. The molecule has 0 atom stereocenters. The van der Waals surface area contributed by atoms with Crippen molar-refractivity contribution in [3.05, 3.63) is 41.7 Å². The van der Waals surface area contributed by atoms with Crippen molar-refractivity contribution in [1.29, 1.82) is 0 Å². The third kappa shape index (κ3) is 2.33. The number of hydrogen-bond donors (Lipinski definition) is 2. The number of benzene rings is 1. The van der Waals surface area contributed by atoms with Crippen LogP contribution in [0.3, 0.4) is 0 Å². The maximum Gasteiger partial charge on any atom is 0.267 e. The van der Waals surface area contributed by atoms with Gasteiger partial charge in [0, 0.05) is 30.2 Å². The largest absolute Gasteiger partial charge is 0.351 e. The highest BCUT2D eigenvalue weighted by Gasteiger charge is 2.20. The van der Waals surface area contributed by atoms with Crippen molar-refractivity contribution in [3.63, 3.8) is 0 Å². The molecule has 2 aliphatic heterocycles. The molecule has 5 heteroatoms. The van der Waals surface area contributed by atoms with Crippen LogP contribution in [0, 0.1) is 6.92 Å². The molecule has 0 aromatic heterocycles. The molecule has 2 aliphatic rings. The number of rotatable bonds is 4. The second-order valence-electron chi connectivity index (χ2n) is 5.46. The lowest BCUT2D eigenvalue weighted by atomic mass is 10.1. The summed E-state index contributed by atoms with van der Waals surface area (Å²) in [7, 11) is 1.89. The van der Waals surface area contributed by atoms with Gasteiger partial charge in [-0.15, -0.1) is 0 Å². The molecule has 3 N–H and O–H groups in total. The van der Waals surface area contributed by atoms with Crippen molar-refractivity contribution >= 4 is 16.8 Å². The van der Waals surface area contributed by atoms with Gasteiger partial charge in [0.15, 0.2) is 0 Å². The monoisotopic (exact) mass is 296 g/mol. The van der Waals surface area contributed by atoms with Crippen LogP contribution in [0.25, 0.3) is 22.2 Å². The van der Waals surface area contributed by atoms with E-state index in [0.717, 1.165) is 34.3 Å². The number of carbonyl (C=O) groups excluding carboxylic acids is 1. The van der Waals surface area contributed by atoms with Crippen LogP contribution < -0.4 is 11.1 Å². The summed E-state index contributed by atoms with van der Waals surface area (Å²) in [6.45, 7) is 3.15. The molecule has 1 amide bonds. The summed E-state index contributed by atoms with van der Waals surface area (Å²) in [5.74, 6) is -0.0776. The van der Waals surface area contributed by atoms with Crippen molar-refractivity contribution in [3.8, 4) is 11.3 Å². The first-order valence-corrected chi connectivity index (χ1v) is 7.46. The molecule has 0 saturated heterocycles. The zero-order chi connectivity index (χ0) is 15.7. The Kier molecular flexibility index (Phi) is 3.81. The summed E-state index contributed by atoms with van der Waals surface area (Å²) in [5.41, 5.74) is 10.0. The van der Waals surface area contributed by atoms with Gasteiger partial charge in [-0.2, -0.15) is 0 Å². The summed E-state index contributed by atoms with van der Waals surface area (Å²) in [5, 5.41) is 3.99. The Morgan fingerprint density at radius 3 is 2.91 bits per heavy atom. The molecule has 2 heterocycles. The number of aromatic nitrogens is 2. The van der Waals surface area contributed by atoms with Gasteiger partial charge in [0.2, 0.25) is 0 Å². The molecule has 5 nitrogen and oxygen atoms in total. The summed E-state index contributed by atoms with van der Waals surface area (Å²) in [6, 6.07) is 9.93. The smallest absolute Gasteiger partial charge is 0.267 e. The van der Waals surface area contributed by atoms with Crippen molar-refractivity contribution < 1.29 is 4.79 Å². The number of amides is 1. The lowest BCUT2D eigenvalue weighted by molar-refractivity contribution is 0.0944. The van der Waals surface area contributed by atoms with Crippen LogP contribution in [0.1, 0.15) is 22.6 Å². The number of nitrogens with one attached hydrogen (secondary N) is 1. The SMILES string of the molecule is Cc1c2nc3ccccc3c-2cc(C(=O)NCCCN)n1C. The van der Waals surface area contributed by atoms with Crippen LogP contribution in [0.4, 0.5) is 0 Å². The van der Waals surface area contributed by atoms with Gasteiger partial charge in [0.1, 0.15) is 5.69 Å². The molecule has 0 bridgehead atoms. The molecule has 114 valence electrons. The number of para-hydroxylation sites is 1. The van der Waals surface area contributed by atoms with E-state index >= 15 is 0 Å². The zero-order valence-electron chi connectivity index (χ0n) is 12.9. The predicted molar refractivity (Wildman–Crippen MR) is 88.1 cm³/mol. The van der Waals surface area contributed by atoms with Crippen LogP contribution >= 0.6 is 0 Å². The summed E-state index contributed by atoms with van der Waals surface area (Å²) in [6.07, 6.45) is 0.775. The van der Waals surface area contributed by atoms with E-state index < -0.39 is 0 Å². The number of pyridine rings is 1. The molecular weight excluding hydrogens is 276 g/mol. The fourth-order valence-electron chi connectivity index (χ4n) is 2.71. The minimum atomic E-state index is -0.0776. The van der Waals surface area contributed by atoms with Crippen molar-refractivity contribution in [2.45, 2.75) is 13.3 Å². The van der Waals surface area contributed by atoms with Crippen molar-refractivity contribution in [2.24, 2.45) is 12.8 Å². The fraction of sp³-hybridized carbons (Fsp3) is 0.294. The molecular formula is C17H20N4O. The molecule has 0 unspecified atom stereocenters. The standard InChI is InChI=1S/C17H20N4O/c1-11-16-13(12-6-3-4-7-14(12)20-16)10-15(21(11)2)17(22)19-9-5-8-18/h3-4,6-7,10H,5,8-9,18H2,1-2H3,(H,19,22). The van der Waals surface area contributed by atoms with E-state index in [9.17, 15) is 4.79 Å². The lowest BCUT2D eigenvalue weighted by Crippen LogP contribution is -2.29. The first-order chi connectivity index (χ1) is 10.6. The third-order valence-electron chi connectivity index (χ3n) is 4.07. The van der Waals surface area contributed by atoms with E-state index in [0.29, 0.717) is 18.8 Å². The number of nitrogens with zero attached hydrogens (tertiary/aromatic N) is 2. The van der Waals surface area contributed by atoms with Crippen LogP contribution in [0.15, 0.2) is 30.3 Å². The van der Waals surface area contributed by atoms with Gasteiger partial charge in [0.05, 0.1) is 11.2 Å². The first-order valence-electron chi connectivity index (χ1n) is 7.46. The minimum Gasteiger partial charge on any atom is -0.351 e. The molecule has 0 aliphatic carbocycles. The number of hydrogen-bond acceptors (Lipinski definition) is 3. The first kappa shape index (κ1) is 14.5. The molecule has 1 aromatic rings. The van der Waals surface area contributed by atoms with E-state index in [1.807, 2.05) is 48.9 Å². The number of carbonyl (C=O) groups is 1. The maximum atomic E-state index is 12.4. The molecule has 1 aromatic carbocycles. The highest BCUT2D eigenvalue weighted by molar-refractivity contribution is 6.01. The summed E-state index contributed by atoms with van der Waals surface area (Å²) < 4.78 is 1.89. The minimum absolute atomic E-state index is 0.0776. The Morgan fingerprint density at radius 2 is 2.14 bits per heavy atom. The van der Waals surface area contributed by atoms with E-state index in [4.69, 9.17) is 5.73 Å². The fourth-order valence-corrected chi connectivity index (χ4v) is 2.71. The van der Waals surface area contributed by atoms with Crippen LogP contribution in [0.5, 0.6) is 0 Å². The van der Waals surface area contributed by atoms with Gasteiger partial charge in [-0.3, -0.25) is 4.79 Å². The van der Waals surface area contributed by atoms with E-state index in [2.05, 4.69) is 10.3 Å². The summed E-state index contributed by atoms with van der Waals surface area (Å²) >= 11 is 0. The van der Waals surface area contributed by atoms with E-state index in [-0.39, 0.29) is 5.91 Å². The Labute approximate surface area is 129 Å². The Bertz CT molecular complexity index is 806. The predicted octanol–water partition coefficient (Wildman–Crippen LogP) is 2.07. The van der Waals surface area contributed by atoms with Crippen LogP contribution in [0.2, 0.25) is 0 Å². The summed E-state index contributed by atoms with van der Waals surface area (Å²) in [4.78, 5) is 17.1. The van der Waals surface area contributed by atoms with Gasteiger partial charge < -0.3 is 15.6 Å². The normalized spacial score (nSPS) is 11.2. The van der Waals surface area contributed by atoms with Crippen LogP contribution in [-0.4, -0.2) is 28.5 Å². The molecule has 0 radical (unpaired) electrons. The molecule has 0 saturated carbocycles. The number of nitrogens with two attached hydrogens (primary N) is 1. The van der Waals surface area contributed by atoms with Gasteiger partial charge in [0.25, 0.3) is 5.91 Å². The molecule has 22 heavy (non-hydrogen) atoms. The number of fused-ring (bicyclic) bond motifs is 3. The second kappa shape index (κ2) is 5.77. The average molecular weight is 296 g/mol. The maximum absolute atomic E-state index is 12.4. The topological polar surface area (TPSA) is 72.9 Å². The van der Waals surface area contributed by atoms with E-state index in [1.54, 1.807) is 0 Å². The van der Waals surface area contributed by atoms with E-state index in [1.165, 1.54) is 0 Å². The highest BCUT2D eigenvalue weighted by Crippen LogP contribution is 2.33. The van der Waals surface area contributed by atoms with Gasteiger partial charge in [-0.25, -0.2) is 4.98 Å². The van der Waals surface area contributed by atoms with Crippen LogP contribution in [-0.2, 0) is 7.05 Å². The molecule has 3 rings (SSSR count). The van der Waals surface area contributed by atoms with Gasteiger partial charge >= 0.3 is 0 Å². The molecule has 0 spiro atoms. The third-order valence-corrected chi connectivity index (χ3v) is 4.07. The van der Waals surface area contributed by atoms with Crippen molar-refractivity contribution in [2.75, 3.05) is 13.1 Å². The van der Waals surface area contributed by atoms with Gasteiger partial charge in [-0.05, 0) is 32.0 Å². The van der Waals surface area contributed by atoms with Gasteiger partial charge in [-0.1, -0.05) is 18.2 Å². The zero-order valence-corrected chi connectivity index (χ0v) is 12.9. The average Bonchev–Trinajstić information content (AvgIpc) is 2.90.